The van der Waals surface area contributed by atoms with Gasteiger partial charge in [-0.3, -0.25) is 4.79 Å². The fraction of sp³-hybridized carbons (Fsp3) is 0.682. The lowest BCUT2D eigenvalue weighted by molar-refractivity contribution is -0.696. The van der Waals surface area contributed by atoms with Crippen LogP contribution in [0.15, 0.2) is 29.3 Å². The lowest BCUT2D eigenvalue weighted by Gasteiger charge is -2.46. The minimum absolute atomic E-state index is 0.0775. The first kappa shape index (κ1) is 23.3. The van der Waals surface area contributed by atoms with Gasteiger partial charge in [0.2, 0.25) is 12.2 Å². The Morgan fingerprint density at radius 2 is 2.25 bits per heavy atom. The van der Waals surface area contributed by atoms with Crippen LogP contribution >= 0.6 is 11.8 Å². The molecule has 0 aromatic carbocycles. The molecule has 0 aliphatic carbocycles. The van der Waals surface area contributed by atoms with Gasteiger partial charge in [0, 0.05) is 35.1 Å². The molecule has 0 radical (unpaired) electrons. The first-order valence-electron chi connectivity index (χ1n) is 11.4. The van der Waals surface area contributed by atoms with Gasteiger partial charge < -0.3 is 26.2 Å². The third kappa shape index (κ3) is 4.33. The SMILES string of the molecule is C[C@@H](O)[C@H]1C(=O)N2C(C(=O)O)=C(S[C@@H]3CN[C@H](CCn4cc[n+](CCCN)c4)C3)[C@H](C)[C@H]12. The maximum atomic E-state index is 12.5. The van der Waals surface area contributed by atoms with Crippen molar-refractivity contribution in [2.75, 3.05) is 13.1 Å². The van der Waals surface area contributed by atoms with E-state index in [9.17, 15) is 19.8 Å². The molecule has 0 unspecified atom stereocenters. The second-order valence-corrected chi connectivity index (χ2v) is 10.5. The number of aromatic nitrogens is 2. The highest BCUT2D eigenvalue weighted by Gasteiger charge is 2.60. The number of aliphatic hydroxyl groups is 1. The molecule has 0 spiro atoms. The van der Waals surface area contributed by atoms with E-state index in [1.807, 2.05) is 6.92 Å². The maximum absolute atomic E-state index is 12.5. The smallest absolute Gasteiger partial charge is 0.353 e. The van der Waals surface area contributed by atoms with Crippen LogP contribution < -0.4 is 15.6 Å². The van der Waals surface area contributed by atoms with Gasteiger partial charge in [0.25, 0.3) is 0 Å². The van der Waals surface area contributed by atoms with Gasteiger partial charge in [-0.25, -0.2) is 13.9 Å². The van der Waals surface area contributed by atoms with E-state index in [0.29, 0.717) is 12.6 Å². The quantitative estimate of drug-likeness (QED) is 0.287. The zero-order chi connectivity index (χ0) is 23.0. The molecule has 1 amide bonds. The van der Waals surface area contributed by atoms with Gasteiger partial charge in [0.1, 0.15) is 18.1 Å². The molecule has 0 saturated carbocycles. The van der Waals surface area contributed by atoms with Crippen LogP contribution in [0.4, 0.5) is 0 Å². The number of hydrogen-bond acceptors (Lipinski definition) is 6. The number of carbonyl (C=O) groups is 2. The van der Waals surface area contributed by atoms with Gasteiger partial charge in [0.05, 0.1) is 31.2 Å². The Labute approximate surface area is 192 Å². The predicted octanol–water partition coefficient (Wildman–Crippen LogP) is 0.132. The molecular formula is C22H34N5O4S+. The monoisotopic (exact) mass is 464 g/mol. The summed E-state index contributed by atoms with van der Waals surface area (Å²) in [5, 5.41) is 23.6. The largest absolute Gasteiger partial charge is 0.477 e. The van der Waals surface area contributed by atoms with E-state index in [2.05, 4.69) is 33.2 Å². The van der Waals surface area contributed by atoms with Crippen LogP contribution in [-0.2, 0) is 22.7 Å². The van der Waals surface area contributed by atoms with E-state index in [1.54, 1.807) is 18.7 Å². The molecule has 5 N–H and O–H groups in total. The zero-order valence-corrected chi connectivity index (χ0v) is 19.5. The van der Waals surface area contributed by atoms with Gasteiger partial charge in [0.15, 0.2) is 0 Å². The minimum atomic E-state index is -1.06. The molecule has 0 bridgehead atoms. The lowest BCUT2D eigenvalue weighted by Crippen LogP contribution is -2.63. The van der Waals surface area contributed by atoms with Crippen molar-refractivity contribution in [3.8, 4) is 0 Å². The number of aliphatic carboxylic acids is 1. The number of nitrogens with one attached hydrogen (secondary N) is 1. The van der Waals surface area contributed by atoms with E-state index in [4.69, 9.17) is 5.73 Å². The summed E-state index contributed by atoms with van der Waals surface area (Å²) in [6, 6.07) is 0.128. The Hall–Kier alpha value is -1.88. The number of imidazole rings is 1. The van der Waals surface area contributed by atoms with Crippen LogP contribution in [0, 0.1) is 11.8 Å². The van der Waals surface area contributed by atoms with Crippen LogP contribution in [0.2, 0.25) is 0 Å². The molecule has 32 heavy (non-hydrogen) atoms. The minimum Gasteiger partial charge on any atom is -0.477 e. The van der Waals surface area contributed by atoms with Crippen molar-refractivity contribution in [1.29, 1.82) is 0 Å². The highest BCUT2D eigenvalue weighted by Crippen LogP contribution is 2.51. The first-order chi connectivity index (χ1) is 15.3. The molecule has 2 saturated heterocycles. The summed E-state index contributed by atoms with van der Waals surface area (Å²) >= 11 is 1.60. The average Bonchev–Trinajstić information content (AvgIpc) is 3.43. The Bertz CT molecular complexity index is 901. The number of rotatable bonds is 10. The van der Waals surface area contributed by atoms with Crippen molar-refractivity contribution < 1.29 is 24.4 Å². The molecule has 1 aromatic heterocycles. The molecule has 3 aliphatic heterocycles. The zero-order valence-electron chi connectivity index (χ0n) is 18.7. The van der Waals surface area contributed by atoms with Crippen LogP contribution in [0.25, 0.3) is 0 Å². The number of carboxylic acids is 1. The van der Waals surface area contributed by atoms with Gasteiger partial charge >= 0.3 is 5.97 Å². The number of hydrogen-bond donors (Lipinski definition) is 4. The summed E-state index contributed by atoms with van der Waals surface area (Å²) in [4.78, 5) is 26.7. The summed E-state index contributed by atoms with van der Waals surface area (Å²) in [5.41, 5.74) is 5.70. The molecule has 10 heteroatoms. The summed E-state index contributed by atoms with van der Waals surface area (Å²) in [7, 11) is 0. The van der Waals surface area contributed by atoms with Crippen molar-refractivity contribution >= 4 is 23.6 Å². The molecule has 176 valence electrons. The molecule has 3 aliphatic rings. The number of amides is 1. The second-order valence-electron chi connectivity index (χ2n) is 9.17. The number of fused-ring (bicyclic) bond motifs is 1. The van der Waals surface area contributed by atoms with Crippen molar-refractivity contribution in [2.45, 2.75) is 69.6 Å². The number of carboxylic acid groups (broad SMARTS) is 1. The van der Waals surface area contributed by atoms with Crippen molar-refractivity contribution in [2.24, 2.45) is 17.6 Å². The standard InChI is InChI=1S/C22H33N5O4S/c1-13-18-17(14(2)28)21(29)27(18)19(22(30)31)20(13)32-16-10-15(24-11-16)4-7-26-9-8-25(12-26)6-3-5-23/h8-9,12-18,24,28H,3-7,10-11,23H2,1-2H3/p+1/t13-,14-,15-,16+,17-,18-/m1/s1. The van der Waals surface area contributed by atoms with E-state index in [1.165, 1.54) is 4.90 Å². The Morgan fingerprint density at radius 1 is 1.47 bits per heavy atom. The number of β-lactam (4-membered cyclic amide) rings is 1. The number of nitrogens with zero attached hydrogens (tertiary/aromatic N) is 3. The number of nitrogens with two attached hydrogens (primary N) is 1. The molecule has 4 heterocycles. The Balaban J connectivity index is 1.34. The molecule has 4 rings (SSSR count). The third-order valence-electron chi connectivity index (χ3n) is 6.89. The summed E-state index contributed by atoms with van der Waals surface area (Å²) in [5.74, 6) is -1.92. The first-order valence-corrected chi connectivity index (χ1v) is 12.3. The Morgan fingerprint density at radius 3 is 2.94 bits per heavy atom. The average molecular weight is 465 g/mol. The number of aliphatic hydroxyl groups excluding tert-OH is 1. The number of thioether (sulfide) groups is 1. The number of aryl methyl sites for hydroxylation is 2. The second kappa shape index (κ2) is 9.54. The highest BCUT2D eigenvalue weighted by atomic mass is 32.2. The van der Waals surface area contributed by atoms with E-state index < -0.39 is 18.0 Å². The highest BCUT2D eigenvalue weighted by molar-refractivity contribution is 8.03. The van der Waals surface area contributed by atoms with Crippen LogP contribution in [0.3, 0.4) is 0 Å². The molecular weight excluding hydrogens is 430 g/mol. The van der Waals surface area contributed by atoms with Gasteiger partial charge in [-0.15, -0.1) is 11.8 Å². The third-order valence-corrected chi connectivity index (χ3v) is 8.40. The maximum Gasteiger partial charge on any atom is 0.353 e. The van der Waals surface area contributed by atoms with E-state index >= 15 is 0 Å². The fourth-order valence-electron chi connectivity index (χ4n) is 5.23. The van der Waals surface area contributed by atoms with Crippen LogP contribution in [0.1, 0.15) is 33.1 Å². The topological polar surface area (TPSA) is 125 Å². The van der Waals surface area contributed by atoms with Gasteiger partial charge in [-0.05, 0) is 26.3 Å². The van der Waals surface area contributed by atoms with Crippen LogP contribution in [0.5, 0.6) is 0 Å². The van der Waals surface area contributed by atoms with E-state index in [-0.39, 0.29) is 28.8 Å². The number of carbonyl (C=O) groups excluding carboxylic acids is 1. The molecule has 2 fully saturated rings. The fourth-order valence-corrected chi connectivity index (χ4v) is 6.75. The van der Waals surface area contributed by atoms with Crippen molar-refractivity contribution in [1.82, 2.24) is 14.8 Å². The summed E-state index contributed by atoms with van der Waals surface area (Å²) in [6.45, 7) is 6.94. The van der Waals surface area contributed by atoms with Crippen LogP contribution in [-0.4, -0.2) is 68.1 Å². The molecule has 6 atom stereocenters. The lowest BCUT2D eigenvalue weighted by atomic mass is 9.79. The summed E-state index contributed by atoms with van der Waals surface area (Å²) in [6.07, 6.45) is 8.42. The van der Waals surface area contributed by atoms with Gasteiger partial charge in [-0.2, -0.15) is 0 Å². The van der Waals surface area contributed by atoms with Crippen molar-refractivity contribution in [3.63, 3.8) is 0 Å². The summed E-state index contributed by atoms with van der Waals surface area (Å²) < 4.78 is 4.34. The van der Waals surface area contributed by atoms with E-state index in [0.717, 1.165) is 43.8 Å². The van der Waals surface area contributed by atoms with Crippen molar-refractivity contribution in [3.05, 3.63) is 29.3 Å². The Kier molecular flexibility index (Phi) is 6.94. The molecule has 9 nitrogen and oxygen atoms in total. The predicted molar refractivity (Wildman–Crippen MR) is 120 cm³/mol. The normalized spacial score (nSPS) is 30.6. The van der Waals surface area contributed by atoms with Gasteiger partial charge in [-0.1, -0.05) is 6.92 Å². The molecule has 1 aromatic rings.